The van der Waals surface area contributed by atoms with Crippen molar-refractivity contribution in [1.82, 2.24) is 4.98 Å². The van der Waals surface area contributed by atoms with Crippen molar-refractivity contribution in [2.24, 2.45) is 5.92 Å². The van der Waals surface area contributed by atoms with E-state index < -0.39 is 0 Å². The van der Waals surface area contributed by atoms with Crippen LogP contribution in [0, 0.1) is 17.6 Å². The second-order valence-electron chi connectivity index (χ2n) is 7.74. The van der Waals surface area contributed by atoms with Gasteiger partial charge in [-0.2, -0.15) is 0 Å². The Morgan fingerprint density at radius 1 is 1.07 bits per heavy atom. The van der Waals surface area contributed by atoms with Crippen LogP contribution in [-0.4, -0.2) is 4.98 Å². The van der Waals surface area contributed by atoms with Crippen LogP contribution >= 0.6 is 11.3 Å². The van der Waals surface area contributed by atoms with Crippen molar-refractivity contribution in [3.8, 4) is 5.19 Å². The van der Waals surface area contributed by atoms with E-state index in [-0.39, 0.29) is 18.2 Å². The first-order chi connectivity index (χ1) is 13.6. The molecule has 1 aliphatic rings. The van der Waals surface area contributed by atoms with E-state index >= 15 is 0 Å². The minimum Gasteiger partial charge on any atom is -0.465 e. The molecule has 28 heavy (non-hydrogen) atoms. The molecule has 1 aromatic heterocycles. The third kappa shape index (κ3) is 4.35. The largest absolute Gasteiger partial charge is 0.465 e. The Hall–Kier alpha value is -2.01. The highest BCUT2D eigenvalue weighted by atomic mass is 32.1. The lowest BCUT2D eigenvalue weighted by Gasteiger charge is -2.28. The fraction of sp³-hybridized carbons (Fsp3) is 0.435. The van der Waals surface area contributed by atoms with E-state index in [1.165, 1.54) is 49.2 Å². The van der Waals surface area contributed by atoms with Gasteiger partial charge in [-0.1, -0.05) is 43.2 Å². The van der Waals surface area contributed by atoms with Crippen LogP contribution in [0.4, 0.5) is 8.78 Å². The van der Waals surface area contributed by atoms with Gasteiger partial charge >= 0.3 is 0 Å². The molecule has 0 atom stereocenters. The third-order valence-corrected chi connectivity index (χ3v) is 6.70. The van der Waals surface area contributed by atoms with Crippen LogP contribution in [0.15, 0.2) is 36.4 Å². The molecule has 0 saturated heterocycles. The van der Waals surface area contributed by atoms with Gasteiger partial charge in [0.2, 0.25) is 0 Å². The van der Waals surface area contributed by atoms with Gasteiger partial charge in [-0.3, -0.25) is 0 Å². The van der Waals surface area contributed by atoms with Crippen molar-refractivity contribution in [3.63, 3.8) is 0 Å². The van der Waals surface area contributed by atoms with E-state index in [4.69, 9.17) is 4.74 Å². The van der Waals surface area contributed by atoms with Gasteiger partial charge in [-0.05, 0) is 67.3 Å². The minimum absolute atomic E-state index is 0.123. The van der Waals surface area contributed by atoms with Gasteiger partial charge in [-0.25, -0.2) is 13.8 Å². The summed E-state index contributed by atoms with van der Waals surface area (Å²) in [5, 5.41) is 0.429. The topological polar surface area (TPSA) is 22.1 Å². The third-order valence-electron chi connectivity index (χ3n) is 5.77. The summed E-state index contributed by atoms with van der Waals surface area (Å²) >= 11 is 1.27. The Morgan fingerprint density at radius 2 is 1.89 bits per heavy atom. The second kappa shape index (κ2) is 8.56. The Bertz CT molecular complexity index is 947. The first-order valence-corrected chi connectivity index (χ1v) is 10.9. The number of ether oxygens (including phenoxy) is 1. The van der Waals surface area contributed by atoms with Gasteiger partial charge in [0.15, 0.2) is 0 Å². The molecule has 4 rings (SSSR count). The number of halogens is 2. The molecule has 1 aliphatic carbocycles. The smallest absolute Gasteiger partial charge is 0.274 e. The van der Waals surface area contributed by atoms with E-state index in [1.807, 2.05) is 12.1 Å². The predicted octanol–water partition coefficient (Wildman–Crippen LogP) is 7.23. The molecule has 0 spiro atoms. The van der Waals surface area contributed by atoms with Crippen LogP contribution < -0.4 is 4.74 Å². The van der Waals surface area contributed by atoms with Crippen molar-refractivity contribution in [2.75, 3.05) is 0 Å². The quantitative estimate of drug-likeness (QED) is 0.435. The molecule has 2 nitrogen and oxygen atoms in total. The van der Waals surface area contributed by atoms with Gasteiger partial charge in [0.25, 0.3) is 5.19 Å². The van der Waals surface area contributed by atoms with Crippen LogP contribution in [0.25, 0.3) is 10.2 Å². The zero-order valence-electron chi connectivity index (χ0n) is 16.1. The van der Waals surface area contributed by atoms with E-state index in [1.54, 1.807) is 12.1 Å². The molecule has 148 valence electrons. The van der Waals surface area contributed by atoms with Crippen LogP contribution in [-0.2, 0) is 6.61 Å². The summed E-state index contributed by atoms with van der Waals surface area (Å²) < 4.78 is 34.3. The zero-order valence-corrected chi connectivity index (χ0v) is 16.9. The average molecular weight is 402 g/mol. The highest BCUT2D eigenvalue weighted by Crippen LogP contribution is 2.38. The predicted molar refractivity (Wildman–Crippen MR) is 110 cm³/mol. The monoisotopic (exact) mass is 401 g/mol. The molecule has 3 aromatic rings. The Balaban J connectivity index is 1.39. The molecule has 1 saturated carbocycles. The zero-order chi connectivity index (χ0) is 19.5. The number of thiazole rings is 1. The lowest BCUT2D eigenvalue weighted by atomic mass is 9.77. The number of hydrogen-bond acceptors (Lipinski definition) is 3. The molecular weight excluding hydrogens is 376 g/mol. The Kier molecular flexibility index (Phi) is 5.90. The van der Waals surface area contributed by atoms with Crippen LogP contribution in [0.5, 0.6) is 5.19 Å². The van der Waals surface area contributed by atoms with E-state index in [0.29, 0.717) is 22.2 Å². The van der Waals surface area contributed by atoms with Gasteiger partial charge < -0.3 is 4.74 Å². The maximum absolute atomic E-state index is 14.6. The first kappa shape index (κ1) is 19.3. The Morgan fingerprint density at radius 3 is 2.64 bits per heavy atom. The van der Waals surface area contributed by atoms with Gasteiger partial charge in [0.1, 0.15) is 18.2 Å². The summed E-state index contributed by atoms with van der Waals surface area (Å²) in [7, 11) is 0. The van der Waals surface area contributed by atoms with Crippen LogP contribution in [0.1, 0.15) is 62.5 Å². The number of rotatable bonds is 6. The molecule has 0 unspecified atom stereocenters. The van der Waals surface area contributed by atoms with E-state index in [2.05, 4.69) is 11.9 Å². The van der Waals surface area contributed by atoms with Crippen molar-refractivity contribution >= 4 is 21.6 Å². The molecule has 2 aromatic carbocycles. The molecule has 5 heteroatoms. The van der Waals surface area contributed by atoms with Crippen LogP contribution in [0.3, 0.4) is 0 Å². The summed E-state index contributed by atoms with van der Waals surface area (Å²) in [6, 6.07) is 9.98. The van der Waals surface area contributed by atoms with Crippen molar-refractivity contribution < 1.29 is 13.5 Å². The molecule has 0 N–H and O–H groups in total. The van der Waals surface area contributed by atoms with E-state index in [9.17, 15) is 8.78 Å². The normalized spacial score (nSPS) is 19.8. The van der Waals surface area contributed by atoms with Gasteiger partial charge in [0.05, 0.1) is 10.2 Å². The lowest BCUT2D eigenvalue weighted by Crippen LogP contribution is -2.13. The summed E-state index contributed by atoms with van der Waals surface area (Å²) in [5.74, 6) is 0.797. The average Bonchev–Trinajstić information content (AvgIpc) is 3.10. The maximum atomic E-state index is 14.6. The number of aromatic nitrogens is 1. The number of benzene rings is 2. The minimum atomic E-state index is -0.298. The summed E-state index contributed by atoms with van der Waals surface area (Å²) in [4.78, 5) is 4.32. The summed E-state index contributed by atoms with van der Waals surface area (Å²) in [6.07, 6.45) is 7.38. The molecule has 1 fully saturated rings. The molecule has 0 aliphatic heterocycles. The molecule has 0 radical (unpaired) electrons. The van der Waals surface area contributed by atoms with Crippen molar-refractivity contribution in [3.05, 3.63) is 59.2 Å². The van der Waals surface area contributed by atoms with E-state index in [0.717, 1.165) is 29.0 Å². The number of nitrogens with zero attached hydrogens (tertiary/aromatic N) is 1. The molecular formula is C23H25F2NOS. The fourth-order valence-electron chi connectivity index (χ4n) is 4.21. The molecule has 0 bridgehead atoms. The molecule has 1 heterocycles. The van der Waals surface area contributed by atoms with Gasteiger partial charge in [0, 0.05) is 5.56 Å². The van der Waals surface area contributed by atoms with Crippen LogP contribution in [0.2, 0.25) is 0 Å². The SMILES string of the molecule is CCCC1CCC(c2ccc(COc3nc4ccc(F)cc4s3)c(F)c2)CC1. The Labute approximate surface area is 168 Å². The number of fused-ring (bicyclic) bond motifs is 1. The fourth-order valence-corrected chi connectivity index (χ4v) is 5.05. The first-order valence-electron chi connectivity index (χ1n) is 10.1. The number of hydrogen-bond donors (Lipinski definition) is 0. The van der Waals surface area contributed by atoms with Crippen molar-refractivity contribution in [1.29, 1.82) is 0 Å². The van der Waals surface area contributed by atoms with Crippen molar-refractivity contribution in [2.45, 2.75) is 58.0 Å². The lowest BCUT2D eigenvalue weighted by molar-refractivity contribution is 0.297. The standard InChI is InChI=1S/C23H25F2NOS/c1-2-3-15-4-6-16(7-5-15)17-8-9-18(20(25)12-17)14-27-23-26-21-11-10-19(24)13-22(21)28-23/h8-13,15-16H,2-7,14H2,1H3. The molecule has 0 amide bonds. The summed E-state index contributed by atoms with van der Waals surface area (Å²) in [6.45, 7) is 2.37. The maximum Gasteiger partial charge on any atom is 0.274 e. The van der Waals surface area contributed by atoms with Gasteiger partial charge in [-0.15, -0.1) is 0 Å². The summed E-state index contributed by atoms with van der Waals surface area (Å²) in [5.41, 5.74) is 2.32. The second-order valence-corrected chi connectivity index (χ2v) is 8.73. The highest BCUT2D eigenvalue weighted by Gasteiger charge is 2.22. The highest BCUT2D eigenvalue weighted by molar-refractivity contribution is 7.20.